The first-order valence-electron chi connectivity index (χ1n) is 8.57. The Bertz CT molecular complexity index is 1070. The normalized spacial score (nSPS) is 10.7. The highest BCUT2D eigenvalue weighted by atomic mass is 35.5. The number of rotatable bonds is 7. The van der Waals surface area contributed by atoms with Gasteiger partial charge in [0.15, 0.2) is 11.5 Å². The maximum Gasteiger partial charge on any atom is 0.308 e. The SMILES string of the molecule is CCOc1cc(/C=C(\C#N)C(=O)Nc2ccc([N+](=O)[O-])cc2Cl)ccc1OC(C)=O. The third kappa shape index (κ3) is 5.80. The largest absolute Gasteiger partial charge is 0.490 e. The van der Waals surface area contributed by atoms with Gasteiger partial charge in [-0.3, -0.25) is 19.7 Å². The molecule has 0 saturated carbocycles. The Morgan fingerprint density at radius 1 is 1.27 bits per heavy atom. The van der Waals surface area contributed by atoms with Gasteiger partial charge in [-0.05, 0) is 36.8 Å². The molecule has 0 aromatic heterocycles. The summed E-state index contributed by atoms with van der Waals surface area (Å²) >= 11 is 5.96. The van der Waals surface area contributed by atoms with Crippen LogP contribution in [0.5, 0.6) is 11.5 Å². The number of carbonyl (C=O) groups excluding carboxylic acids is 2. The molecule has 0 bridgehead atoms. The molecule has 0 aliphatic heterocycles. The smallest absolute Gasteiger partial charge is 0.308 e. The number of nitro groups is 1. The zero-order valence-electron chi connectivity index (χ0n) is 16.0. The molecule has 0 fully saturated rings. The molecule has 0 saturated heterocycles. The second kappa shape index (κ2) is 10.0. The van der Waals surface area contributed by atoms with E-state index in [0.29, 0.717) is 12.2 Å². The van der Waals surface area contributed by atoms with E-state index in [1.54, 1.807) is 19.1 Å². The van der Waals surface area contributed by atoms with Gasteiger partial charge in [0.05, 0.1) is 22.2 Å². The molecule has 2 aromatic rings. The minimum absolute atomic E-state index is 0.0424. The number of nitrogens with one attached hydrogen (secondary N) is 1. The van der Waals surface area contributed by atoms with Crippen molar-refractivity contribution in [3.05, 3.63) is 62.7 Å². The minimum atomic E-state index is -0.754. The van der Waals surface area contributed by atoms with Crippen molar-refractivity contribution < 1.29 is 24.0 Å². The molecule has 0 unspecified atom stereocenters. The average molecular weight is 430 g/mol. The number of anilines is 1. The van der Waals surface area contributed by atoms with Crippen LogP contribution in [0, 0.1) is 21.4 Å². The van der Waals surface area contributed by atoms with Crippen LogP contribution in [-0.4, -0.2) is 23.4 Å². The summed E-state index contributed by atoms with van der Waals surface area (Å²) in [5, 5.41) is 22.5. The fourth-order valence-electron chi connectivity index (χ4n) is 2.35. The first-order valence-corrected chi connectivity index (χ1v) is 8.95. The Kier molecular flexibility index (Phi) is 7.50. The predicted molar refractivity (Wildman–Crippen MR) is 109 cm³/mol. The standard InChI is InChI=1S/C20H16ClN3O6/c1-3-29-19-9-13(4-7-18(19)30-12(2)25)8-14(11-22)20(26)23-17-6-5-15(24(27)28)10-16(17)21/h4-10H,3H2,1-2H3,(H,23,26)/b14-8+. The number of nitro benzene ring substituents is 1. The van der Waals surface area contributed by atoms with Gasteiger partial charge >= 0.3 is 5.97 Å². The summed E-state index contributed by atoms with van der Waals surface area (Å²) in [4.78, 5) is 33.8. The predicted octanol–water partition coefficient (Wildman–Crippen LogP) is 4.12. The number of nitrogens with zero attached hydrogens (tertiary/aromatic N) is 2. The summed E-state index contributed by atoms with van der Waals surface area (Å²) in [5.74, 6) is -0.786. The highest BCUT2D eigenvalue weighted by Gasteiger charge is 2.15. The van der Waals surface area contributed by atoms with E-state index < -0.39 is 16.8 Å². The van der Waals surface area contributed by atoms with Crippen molar-refractivity contribution in [2.75, 3.05) is 11.9 Å². The summed E-state index contributed by atoms with van der Waals surface area (Å²) in [6.45, 7) is 3.32. The fourth-order valence-corrected chi connectivity index (χ4v) is 2.57. The highest BCUT2D eigenvalue weighted by Crippen LogP contribution is 2.30. The molecule has 1 amide bonds. The monoisotopic (exact) mass is 429 g/mol. The molecule has 10 heteroatoms. The Balaban J connectivity index is 2.29. The summed E-state index contributed by atoms with van der Waals surface area (Å²) in [5.41, 5.74) is 0.0990. The number of amides is 1. The Morgan fingerprint density at radius 3 is 2.57 bits per heavy atom. The maximum absolute atomic E-state index is 12.4. The summed E-state index contributed by atoms with van der Waals surface area (Å²) in [6.07, 6.45) is 1.31. The zero-order chi connectivity index (χ0) is 22.3. The topological polar surface area (TPSA) is 132 Å². The Morgan fingerprint density at radius 2 is 2.00 bits per heavy atom. The number of nitriles is 1. The molecule has 0 spiro atoms. The third-order valence-corrected chi connectivity index (χ3v) is 3.92. The molecule has 2 rings (SSSR count). The van der Waals surface area contributed by atoms with Crippen LogP contribution in [0.3, 0.4) is 0 Å². The fraction of sp³-hybridized carbons (Fsp3) is 0.150. The van der Waals surface area contributed by atoms with E-state index in [4.69, 9.17) is 21.1 Å². The summed E-state index contributed by atoms with van der Waals surface area (Å²) < 4.78 is 10.5. The Hall–Kier alpha value is -3.90. The van der Waals surface area contributed by atoms with Crippen molar-refractivity contribution in [3.63, 3.8) is 0 Å². The molecule has 0 aliphatic rings. The van der Waals surface area contributed by atoms with Gasteiger partial charge in [-0.1, -0.05) is 17.7 Å². The van der Waals surface area contributed by atoms with E-state index in [0.717, 1.165) is 6.07 Å². The van der Waals surface area contributed by atoms with Gasteiger partial charge in [0, 0.05) is 19.1 Å². The lowest BCUT2D eigenvalue weighted by Gasteiger charge is -2.10. The van der Waals surface area contributed by atoms with Crippen LogP contribution in [0.25, 0.3) is 6.08 Å². The van der Waals surface area contributed by atoms with Gasteiger partial charge in [0.1, 0.15) is 11.6 Å². The molecule has 154 valence electrons. The van der Waals surface area contributed by atoms with Crippen molar-refractivity contribution in [1.29, 1.82) is 5.26 Å². The number of benzene rings is 2. The van der Waals surface area contributed by atoms with Gasteiger partial charge in [-0.25, -0.2) is 0 Å². The number of halogens is 1. The first kappa shape index (κ1) is 22.4. The lowest BCUT2D eigenvalue weighted by Crippen LogP contribution is -2.13. The molecular weight excluding hydrogens is 414 g/mol. The number of ether oxygens (including phenoxy) is 2. The molecule has 0 heterocycles. The molecule has 30 heavy (non-hydrogen) atoms. The second-order valence-corrected chi connectivity index (χ2v) is 6.19. The van der Waals surface area contributed by atoms with Gasteiger partial charge < -0.3 is 14.8 Å². The number of non-ortho nitro benzene ring substituents is 1. The highest BCUT2D eigenvalue weighted by molar-refractivity contribution is 6.34. The van der Waals surface area contributed by atoms with E-state index in [2.05, 4.69) is 5.32 Å². The molecular formula is C20H16ClN3O6. The third-order valence-electron chi connectivity index (χ3n) is 3.61. The van der Waals surface area contributed by atoms with Crippen LogP contribution in [-0.2, 0) is 9.59 Å². The molecule has 0 atom stereocenters. The van der Waals surface area contributed by atoms with E-state index >= 15 is 0 Å². The van der Waals surface area contributed by atoms with Crippen LogP contribution >= 0.6 is 11.6 Å². The molecule has 1 N–H and O–H groups in total. The van der Waals surface area contributed by atoms with Crippen molar-refractivity contribution in [2.24, 2.45) is 0 Å². The maximum atomic E-state index is 12.4. The van der Waals surface area contributed by atoms with Gasteiger partial charge in [-0.15, -0.1) is 0 Å². The average Bonchev–Trinajstić information content (AvgIpc) is 2.69. The first-order chi connectivity index (χ1) is 14.2. The van der Waals surface area contributed by atoms with E-state index in [9.17, 15) is 25.0 Å². The van der Waals surface area contributed by atoms with Crippen LogP contribution in [0.1, 0.15) is 19.4 Å². The van der Waals surface area contributed by atoms with Crippen molar-refractivity contribution >= 4 is 40.9 Å². The Labute approximate surface area is 176 Å². The summed E-state index contributed by atoms with van der Waals surface area (Å²) in [6, 6.07) is 9.88. The van der Waals surface area contributed by atoms with Gasteiger partial charge in [0.25, 0.3) is 11.6 Å². The second-order valence-electron chi connectivity index (χ2n) is 5.78. The van der Waals surface area contributed by atoms with Crippen molar-refractivity contribution in [3.8, 4) is 17.6 Å². The van der Waals surface area contributed by atoms with Gasteiger partial charge in [-0.2, -0.15) is 5.26 Å². The summed E-state index contributed by atoms with van der Waals surface area (Å²) in [7, 11) is 0. The van der Waals surface area contributed by atoms with E-state index in [1.807, 2.05) is 0 Å². The van der Waals surface area contributed by atoms with Crippen LogP contribution < -0.4 is 14.8 Å². The quantitative estimate of drug-likeness (QED) is 0.175. The number of hydrogen-bond acceptors (Lipinski definition) is 7. The van der Waals surface area contributed by atoms with Crippen LogP contribution in [0.15, 0.2) is 42.0 Å². The number of carbonyl (C=O) groups is 2. The number of esters is 1. The van der Waals surface area contributed by atoms with Gasteiger partial charge in [0.2, 0.25) is 0 Å². The van der Waals surface area contributed by atoms with E-state index in [-0.39, 0.29) is 33.5 Å². The lowest BCUT2D eigenvalue weighted by atomic mass is 10.1. The van der Waals surface area contributed by atoms with Crippen molar-refractivity contribution in [1.82, 2.24) is 0 Å². The lowest BCUT2D eigenvalue weighted by molar-refractivity contribution is -0.384. The minimum Gasteiger partial charge on any atom is -0.490 e. The molecule has 0 aliphatic carbocycles. The van der Waals surface area contributed by atoms with Crippen LogP contribution in [0.2, 0.25) is 5.02 Å². The molecule has 9 nitrogen and oxygen atoms in total. The number of hydrogen-bond donors (Lipinski definition) is 1. The van der Waals surface area contributed by atoms with Crippen LogP contribution in [0.4, 0.5) is 11.4 Å². The molecule has 0 radical (unpaired) electrons. The zero-order valence-corrected chi connectivity index (χ0v) is 16.7. The van der Waals surface area contributed by atoms with Crippen molar-refractivity contribution in [2.45, 2.75) is 13.8 Å². The van der Waals surface area contributed by atoms with E-state index in [1.165, 1.54) is 37.3 Å². The molecule has 2 aromatic carbocycles.